The van der Waals surface area contributed by atoms with Crippen molar-refractivity contribution in [1.29, 1.82) is 0 Å². The van der Waals surface area contributed by atoms with Crippen molar-refractivity contribution in [2.75, 3.05) is 20.1 Å². The summed E-state index contributed by atoms with van der Waals surface area (Å²) in [5, 5.41) is 18.0. The van der Waals surface area contributed by atoms with Gasteiger partial charge in [0.15, 0.2) is 0 Å². The molecule has 0 saturated carbocycles. The van der Waals surface area contributed by atoms with Gasteiger partial charge >= 0.3 is 0 Å². The molecule has 0 atom stereocenters. The van der Waals surface area contributed by atoms with Gasteiger partial charge in [-0.1, -0.05) is 11.8 Å². The number of piperidine rings is 1. The van der Waals surface area contributed by atoms with Gasteiger partial charge in [0.1, 0.15) is 0 Å². The van der Waals surface area contributed by atoms with E-state index in [1.54, 1.807) is 18.8 Å². The highest BCUT2D eigenvalue weighted by Gasteiger charge is 2.18. The molecule has 0 spiro atoms. The van der Waals surface area contributed by atoms with Crippen LogP contribution in [0.3, 0.4) is 0 Å². The van der Waals surface area contributed by atoms with E-state index in [4.69, 9.17) is 0 Å². The molecule has 1 saturated heterocycles. The number of hydrogen-bond acceptors (Lipinski definition) is 6. The minimum Gasteiger partial charge on any atom is -0.317 e. The highest BCUT2D eigenvalue weighted by molar-refractivity contribution is 7.99. The molecule has 8 nitrogen and oxygen atoms in total. The van der Waals surface area contributed by atoms with E-state index in [1.165, 1.54) is 0 Å². The van der Waals surface area contributed by atoms with Crippen molar-refractivity contribution in [3.8, 4) is 11.1 Å². The zero-order valence-electron chi connectivity index (χ0n) is 17.1. The molecule has 0 aromatic carbocycles. The van der Waals surface area contributed by atoms with Crippen molar-refractivity contribution in [2.24, 2.45) is 12.0 Å². The predicted octanol–water partition coefficient (Wildman–Crippen LogP) is 3.06. The van der Waals surface area contributed by atoms with Crippen LogP contribution in [0.15, 0.2) is 58.0 Å². The first kappa shape index (κ1) is 19.1. The van der Waals surface area contributed by atoms with E-state index in [2.05, 4.69) is 48.7 Å². The second-order valence-corrected chi connectivity index (χ2v) is 8.52. The van der Waals surface area contributed by atoms with Gasteiger partial charge in [0, 0.05) is 54.3 Å². The Bertz CT molecular complexity index is 1200. The minimum absolute atomic E-state index is 0.462. The van der Waals surface area contributed by atoms with Gasteiger partial charge in [-0.25, -0.2) is 4.52 Å². The zero-order chi connectivity index (χ0) is 20.5. The second-order valence-electron chi connectivity index (χ2n) is 7.46. The van der Waals surface area contributed by atoms with Crippen molar-refractivity contribution >= 4 is 23.5 Å². The Kier molecular flexibility index (Phi) is 5.14. The molecule has 5 rings (SSSR count). The maximum atomic E-state index is 4.67. The Morgan fingerprint density at radius 2 is 2.00 bits per heavy atom. The molecule has 1 aliphatic heterocycles. The summed E-state index contributed by atoms with van der Waals surface area (Å²) in [6.45, 7) is 2.10. The zero-order valence-corrected chi connectivity index (χ0v) is 17.9. The van der Waals surface area contributed by atoms with Gasteiger partial charge in [-0.3, -0.25) is 14.4 Å². The lowest BCUT2D eigenvalue weighted by molar-refractivity contribution is 0.343. The van der Waals surface area contributed by atoms with E-state index >= 15 is 0 Å². The molecule has 154 valence electrons. The van der Waals surface area contributed by atoms with E-state index < -0.39 is 0 Å². The molecule has 0 aliphatic carbocycles. The Morgan fingerprint density at radius 3 is 2.77 bits per heavy atom. The topological polar surface area (TPSA) is 77.3 Å². The fraction of sp³-hybridized carbons (Fsp3) is 0.333. The second kappa shape index (κ2) is 8.08. The Balaban J connectivity index is 1.58. The third-order valence-corrected chi connectivity index (χ3v) is 6.62. The van der Waals surface area contributed by atoms with Crippen molar-refractivity contribution in [2.45, 2.75) is 28.8 Å². The molecule has 0 bridgehead atoms. The fourth-order valence-electron chi connectivity index (χ4n) is 3.91. The molecule has 1 fully saturated rings. The van der Waals surface area contributed by atoms with Crippen LogP contribution in [0.4, 0.5) is 0 Å². The molecule has 0 radical (unpaired) electrons. The van der Waals surface area contributed by atoms with E-state index in [9.17, 15) is 0 Å². The lowest BCUT2D eigenvalue weighted by Gasteiger charge is -2.22. The average Bonchev–Trinajstić information content (AvgIpc) is 3.50. The highest BCUT2D eigenvalue weighted by Crippen LogP contribution is 2.35. The maximum absolute atomic E-state index is 4.67. The molecule has 30 heavy (non-hydrogen) atoms. The molecule has 4 aromatic heterocycles. The number of nitrogens with zero attached hydrogens (tertiary/aromatic N) is 7. The smallest absolute Gasteiger partial charge is 0.0984 e. The molecular formula is C21H24N8S. The number of nitrogens with one attached hydrogen (secondary N) is 1. The minimum atomic E-state index is 0.462. The van der Waals surface area contributed by atoms with Gasteiger partial charge < -0.3 is 5.32 Å². The van der Waals surface area contributed by atoms with Gasteiger partial charge in [-0.2, -0.15) is 15.3 Å². The van der Waals surface area contributed by atoms with Gasteiger partial charge in [0.25, 0.3) is 0 Å². The van der Waals surface area contributed by atoms with Gasteiger partial charge in [0.05, 0.1) is 35.2 Å². The summed E-state index contributed by atoms with van der Waals surface area (Å²) in [6, 6.07) is 4.70. The SMILES string of the molecule is CN=Cc1cnn2cc(-c3cnn(C4CCNCC4)c3)cc(Sc3ccnn3C)c12. The third kappa shape index (κ3) is 3.54. The van der Waals surface area contributed by atoms with Crippen LogP contribution in [0.1, 0.15) is 24.4 Å². The number of fused-ring (bicyclic) bond motifs is 1. The maximum Gasteiger partial charge on any atom is 0.0984 e. The first-order valence-corrected chi connectivity index (χ1v) is 10.9. The van der Waals surface area contributed by atoms with Crippen LogP contribution in [0.5, 0.6) is 0 Å². The quantitative estimate of drug-likeness (QED) is 0.502. The summed E-state index contributed by atoms with van der Waals surface area (Å²) >= 11 is 1.68. The number of rotatable bonds is 5. The first-order chi connectivity index (χ1) is 14.7. The summed E-state index contributed by atoms with van der Waals surface area (Å²) < 4.78 is 5.94. The van der Waals surface area contributed by atoms with Crippen molar-refractivity contribution in [1.82, 2.24) is 34.5 Å². The fourth-order valence-corrected chi connectivity index (χ4v) is 4.94. The number of aliphatic imine (C=N–C) groups is 1. The normalized spacial score (nSPS) is 15.5. The molecule has 0 unspecified atom stereocenters. The number of aromatic nitrogens is 6. The Morgan fingerprint density at radius 1 is 1.13 bits per heavy atom. The lowest BCUT2D eigenvalue weighted by atomic mass is 10.1. The number of pyridine rings is 1. The van der Waals surface area contributed by atoms with Crippen molar-refractivity contribution < 1.29 is 0 Å². The van der Waals surface area contributed by atoms with Crippen LogP contribution in [0.2, 0.25) is 0 Å². The third-order valence-electron chi connectivity index (χ3n) is 5.48. The summed E-state index contributed by atoms with van der Waals surface area (Å²) in [5.41, 5.74) is 4.24. The van der Waals surface area contributed by atoms with E-state index in [1.807, 2.05) is 47.1 Å². The van der Waals surface area contributed by atoms with Crippen LogP contribution < -0.4 is 5.32 Å². The summed E-state index contributed by atoms with van der Waals surface area (Å²) in [5.74, 6) is 0. The largest absolute Gasteiger partial charge is 0.317 e. The molecular weight excluding hydrogens is 396 g/mol. The van der Waals surface area contributed by atoms with Crippen molar-refractivity contribution in [3.63, 3.8) is 0 Å². The van der Waals surface area contributed by atoms with Crippen LogP contribution in [-0.4, -0.2) is 55.5 Å². The molecule has 0 amide bonds. The number of hydrogen-bond donors (Lipinski definition) is 1. The van der Waals surface area contributed by atoms with Crippen LogP contribution in [0.25, 0.3) is 16.6 Å². The lowest BCUT2D eigenvalue weighted by Crippen LogP contribution is -2.29. The standard InChI is InChI=1S/C21H24N8S/c1-22-10-16-11-26-29-13-15(9-19(21(16)29)30-20-5-8-24-27(20)2)17-12-25-28(14-17)18-3-6-23-7-4-18/h5,8-14,18,23H,3-4,6-7H2,1-2H3. The first-order valence-electron chi connectivity index (χ1n) is 10.1. The highest BCUT2D eigenvalue weighted by atomic mass is 32.2. The Labute approximate surface area is 179 Å². The van der Waals surface area contributed by atoms with E-state index in [0.29, 0.717) is 6.04 Å². The van der Waals surface area contributed by atoms with Crippen LogP contribution >= 0.6 is 11.8 Å². The van der Waals surface area contributed by atoms with Gasteiger partial charge in [0.2, 0.25) is 0 Å². The monoisotopic (exact) mass is 420 g/mol. The molecule has 1 N–H and O–H groups in total. The Hall–Kier alpha value is -2.91. The number of aryl methyl sites for hydroxylation is 1. The molecule has 9 heteroatoms. The molecule has 1 aliphatic rings. The van der Waals surface area contributed by atoms with Crippen LogP contribution in [0, 0.1) is 0 Å². The predicted molar refractivity (Wildman–Crippen MR) is 118 cm³/mol. The van der Waals surface area contributed by atoms with Gasteiger partial charge in [-0.15, -0.1) is 0 Å². The average molecular weight is 421 g/mol. The summed E-state index contributed by atoms with van der Waals surface area (Å²) in [4.78, 5) is 5.31. The molecule has 5 heterocycles. The van der Waals surface area contributed by atoms with E-state index in [0.717, 1.165) is 58.1 Å². The molecule has 4 aromatic rings. The summed E-state index contributed by atoms with van der Waals surface area (Å²) in [6.07, 6.45) is 13.9. The van der Waals surface area contributed by atoms with Gasteiger partial charge in [-0.05, 0) is 38.1 Å². The van der Waals surface area contributed by atoms with E-state index in [-0.39, 0.29) is 0 Å². The summed E-state index contributed by atoms with van der Waals surface area (Å²) in [7, 11) is 3.73. The van der Waals surface area contributed by atoms with Crippen molar-refractivity contribution in [3.05, 3.63) is 48.7 Å². The van der Waals surface area contributed by atoms with Crippen LogP contribution in [-0.2, 0) is 7.05 Å².